The van der Waals surface area contributed by atoms with E-state index in [-0.39, 0.29) is 18.1 Å². The molecule has 0 saturated heterocycles. The first-order valence-electron chi connectivity index (χ1n) is 11.6. The first kappa shape index (κ1) is 25.1. The van der Waals surface area contributed by atoms with Crippen molar-refractivity contribution in [3.63, 3.8) is 0 Å². The Hall–Kier alpha value is -4.01. The number of halogens is 3. The van der Waals surface area contributed by atoms with Crippen molar-refractivity contribution in [1.29, 1.82) is 0 Å². The van der Waals surface area contributed by atoms with Crippen LogP contribution in [0, 0.1) is 6.92 Å². The van der Waals surface area contributed by atoms with Crippen LogP contribution >= 0.6 is 0 Å². The molecule has 1 heterocycles. The maximum absolute atomic E-state index is 12.7. The van der Waals surface area contributed by atoms with Crippen molar-refractivity contribution < 1.29 is 27.8 Å². The zero-order valence-corrected chi connectivity index (χ0v) is 19.9. The van der Waals surface area contributed by atoms with Gasteiger partial charge in [-0.05, 0) is 49.2 Å². The van der Waals surface area contributed by atoms with Crippen molar-refractivity contribution in [2.45, 2.75) is 39.3 Å². The van der Waals surface area contributed by atoms with Crippen molar-refractivity contribution in [2.75, 3.05) is 11.9 Å². The molecule has 9 heteroatoms. The van der Waals surface area contributed by atoms with E-state index in [4.69, 9.17) is 4.74 Å². The van der Waals surface area contributed by atoms with E-state index < -0.39 is 12.6 Å². The second kappa shape index (κ2) is 10.3. The summed E-state index contributed by atoms with van der Waals surface area (Å²) in [4.78, 5) is 16.8. The van der Waals surface area contributed by atoms with Crippen LogP contribution in [-0.4, -0.2) is 33.2 Å². The molecule has 0 spiro atoms. The molecule has 0 aliphatic carbocycles. The first-order chi connectivity index (χ1) is 17.1. The largest absolute Gasteiger partial charge is 0.508 e. The van der Waals surface area contributed by atoms with Crippen LogP contribution < -0.4 is 10.1 Å². The molecule has 0 aliphatic rings. The molecule has 0 aliphatic heterocycles. The summed E-state index contributed by atoms with van der Waals surface area (Å²) >= 11 is 0. The molecule has 6 nitrogen and oxygen atoms in total. The molecule has 36 heavy (non-hydrogen) atoms. The smallest absolute Gasteiger partial charge is 0.390 e. The lowest BCUT2D eigenvalue weighted by molar-refractivity contribution is -0.131. The molecular weight excluding hydrogens is 471 g/mol. The maximum Gasteiger partial charge on any atom is 0.390 e. The van der Waals surface area contributed by atoms with Gasteiger partial charge < -0.3 is 15.2 Å². The third-order valence-corrected chi connectivity index (χ3v) is 5.67. The SMILES string of the molecule is CCCC(=O)c1ccc(-n2cnc3c(NCCC(F)(F)F)cc(Oc4cccc(O)c4)cc32)cc1C. The monoisotopic (exact) mass is 497 g/mol. The standard InChI is InChI=1S/C27H26F3N3O3/c1-3-5-25(35)22-9-8-18(12-17(22)2)33-16-32-26-23(31-11-10-27(28,29)30)14-21(15-24(26)33)36-20-7-4-6-19(34)13-20/h4,6-9,12-16,31,34H,3,5,10-11H2,1-2H3. The molecule has 3 aromatic carbocycles. The number of anilines is 1. The van der Waals surface area contributed by atoms with Crippen molar-refractivity contribution >= 4 is 22.5 Å². The fraction of sp³-hybridized carbons (Fsp3) is 0.259. The number of ether oxygens (including phenoxy) is 1. The predicted molar refractivity (Wildman–Crippen MR) is 132 cm³/mol. The average molecular weight is 498 g/mol. The van der Waals surface area contributed by atoms with Crippen molar-refractivity contribution in [2.24, 2.45) is 0 Å². The Balaban J connectivity index is 1.75. The molecule has 0 saturated carbocycles. The van der Waals surface area contributed by atoms with Crippen LogP contribution in [0.3, 0.4) is 0 Å². The highest BCUT2D eigenvalue weighted by atomic mass is 19.4. The third kappa shape index (κ3) is 5.79. The van der Waals surface area contributed by atoms with Gasteiger partial charge in [0.1, 0.15) is 29.1 Å². The molecule has 2 N–H and O–H groups in total. The lowest BCUT2D eigenvalue weighted by Crippen LogP contribution is -2.14. The van der Waals surface area contributed by atoms with Gasteiger partial charge in [-0.3, -0.25) is 9.36 Å². The van der Waals surface area contributed by atoms with E-state index in [1.54, 1.807) is 41.2 Å². The van der Waals surface area contributed by atoms with Gasteiger partial charge >= 0.3 is 6.18 Å². The molecular formula is C27H26F3N3O3. The van der Waals surface area contributed by atoms with Crippen LogP contribution in [0.5, 0.6) is 17.2 Å². The number of imidazole rings is 1. The minimum absolute atomic E-state index is 0.0235. The minimum Gasteiger partial charge on any atom is -0.508 e. The zero-order valence-electron chi connectivity index (χ0n) is 19.9. The highest BCUT2D eigenvalue weighted by molar-refractivity contribution is 5.97. The molecule has 0 radical (unpaired) electrons. The van der Waals surface area contributed by atoms with Crippen LogP contribution in [-0.2, 0) is 0 Å². The third-order valence-electron chi connectivity index (χ3n) is 5.67. The van der Waals surface area contributed by atoms with Crippen LogP contribution in [0.1, 0.15) is 42.1 Å². The van der Waals surface area contributed by atoms with Crippen molar-refractivity contribution in [1.82, 2.24) is 9.55 Å². The molecule has 0 bridgehead atoms. The average Bonchev–Trinajstić information content (AvgIpc) is 3.22. The normalized spacial score (nSPS) is 11.6. The van der Waals surface area contributed by atoms with Gasteiger partial charge in [0.05, 0.1) is 17.6 Å². The summed E-state index contributed by atoms with van der Waals surface area (Å²) in [6, 6.07) is 15.0. The Morgan fingerprint density at radius 3 is 2.61 bits per heavy atom. The molecule has 4 rings (SSSR count). The van der Waals surface area contributed by atoms with E-state index in [9.17, 15) is 23.1 Å². The van der Waals surface area contributed by atoms with E-state index in [1.807, 2.05) is 26.0 Å². The highest BCUT2D eigenvalue weighted by Crippen LogP contribution is 2.34. The zero-order chi connectivity index (χ0) is 25.9. The van der Waals surface area contributed by atoms with E-state index in [0.717, 1.165) is 17.7 Å². The summed E-state index contributed by atoms with van der Waals surface area (Å²) in [5.41, 5.74) is 3.70. The number of fused-ring (bicyclic) bond motifs is 1. The number of Topliss-reactive ketones (excluding diaryl/α,β-unsaturated/α-hetero) is 1. The van der Waals surface area contributed by atoms with Gasteiger partial charge in [0.2, 0.25) is 0 Å². The predicted octanol–water partition coefficient (Wildman–Crippen LogP) is 7.18. The summed E-state index contributed by atoms with van der Waals surface area (Å²) in [5.74, 6) is 0.831. The fourth-order valence-electron chi connectivity index (χ4n) is 3.98. The number of aromatic nitrogens is 2. The molecule has 0 amide bonds. The summed E-state index contributed by atoms with van der Waals surface area (Å²) in [6.45, 7) is 3.50. The number of ketones is 1. The molecule has 0 atom stereocenters. The number of aryl methyl sites for hydroxylation is 1. The van der Waals surface area contributed by atoms with Crippen LogP contribution in [0.25, 0.3) is 16.7 Å². The Morgan fingerprint density at radius 1 is 1.11 bits per heavy atom. The molecule has 1 aromatic heterocycles. The van der Waals surface area contributed by atoms with Gasteiger partial charge in [-0.15, -0.1) is 0 Å². The number of nitrogens with one attached hydrogen (secondary N) is 1. The number of phenols is 1. The molecule has 188 valence electrons. The number of aromatic hydroxyl groups is 1. The van der Waals surface area contributed by atoms with Gasteiger partial charge in [0, 0.05) is 42.4 Å². The Morgan fingerprint density at radius 2 is 1.92 bits per heavy atom. The van der Waals surface area contributed by atoms with Gasteiger partial charge in [-0.25, -0.2) is 4.98 Å². The quantitative estimate of drug-likeness (QED) is 0.240. The topological polar surface area (TPSA) is 76.4 Å². The molecule has 0 fully saturated rings. The summed E-state index contributed by atoms with van der Waals surface area (Å²) < 4.78 is 45.9. The number of hydrogen-bond donors (Lipinski definition) is 2. The lowest BCUT2D eigenvalue weighted by Gasteiger charge is -2.14. The molecule has 4 aromatic rings. The fourth-order valence-corrected chi connectivity index (χ4v) is 3.98. The van der Waals surface area contributed by atoms with E-state index >= 15 is 0 Å². The number of benzene rings is 3. The number of rotatable bonds is 9. The van der Waals surface area contributed by atoms with Crippen LogP contribution in [0.2, 0.25) is 0 Å². The Bertz CT molecular complexity index is 1400. The number of phenolic OH excluding ortho intramolecular Hbond substituents is 1. The second-order valence-electron chi connectivity index (χ2n) is 8.52. The summed E-state index contributed by atoms with van der Waals surface area (Å²) in [5, 5.41) is 12.6. The van der Waals surface area contributed by atoms with E-state index in [0.29, 0.717) is 40.2 Å². The van der Waals surface area contributed by atoms with Crippen molar-refractivity contribution in [3.05, 3.63) is 72.1 Å². The summed E-state index contributed by atoms with van der Waals surface area (Å²) in [6.07, 6.45) is -2.48. The van der Waals surface area contributed by atoms with Gasteiger partial charge in [0.25, 0.3) is 0 Å². The van der Waals surface area contributed by atoms with Crippen LogP contribution in [0.4, 0.5) is 18.9 Å². The summed E-state index contributed by atoms with van der Waals surface area (Å²) in [7, 11) is 0. The van der Waals surface area contributed by atoms with E-state index in [2.05, 4.69) is 10.3 Å². The van der Waals surface area contributed by atoms with Crippen molar-refractivity contribution in [3.8, 4) is 22.9 Å². The number of alkyl halides is 3. The number of hydrogen-bond acceptors (Lipinski definition) is 5. The first-order valence-corrected chi connectivity index (χ1v) is 11.6. The maximum atomic E-state index is 12.7. The minimum atomic E-state index is -4.30. The van der Waals surface area contributed by atoms with E-state index in [1.165, 1.54) is 12.1 Å². The highest BCUT2D eigenvalue weighted by Gasteiger charge is 2.26. The second-order valence-corrected chi connectivity index (χ2v) is 8.52. The number of nitrogens with zero attached hydrogens (tertiary/aromatic N) is 2. The molecule has 0 unspecified atom stereocenters. The Labute approximate surface area is 206 Å². The Kier molecular flexibility index (Phi) is 7.19. The van der Waals surface area contributed by atoms with Crippen LogP contribution in [0.15, 0.2) is 60.9 Å². The van der Waals surface area contributed by atoms with Gasteiger partial charge in [0.15, 0.2) is 5.78 Å². The van der Waals surface area contributed by atoms with Gasteiger partial charge in [-0.2, -0.15) is 13.2 Å². The lowest BCUT2D eigenvalue weighted by atomic mass is 10.0. The van der Waals surface area contributed by atoms with Gasteiger partial charge in [-0.1, -0.05) is 13.0 Å². The number of carbonyl (C=O) groups is 1. The number of carbonyl (C=O) groups excluding carboxylic acids is 1.